The third kappa shape index (κ3) is 1.38. The maximum atomic E-state index is 5.33. The Morgan fingerprint density at radius 2 is 2.14 bits per heavy atom. The first-order valence-electron chi connectivity index (χ1n) is 2.06. The molecule has 0 radical (unpaired) electrons. The zero-order valence-corrected chi connectivity index (χ0v) is 4.74. The monoisotopic (exact) mass is 117 g/mol. The highest BCUT2D eigenvalue weighted by atomic mass is 35.5. The third-order valence-electron chi connectivity index (χ3n) is 1.05. The first-order chi connectivity index (χ1) is 2.84. The lowest BCUT2D eigenvalue weighted by atomic mass is 10.4. The van der Waals surface area contributed by atoms with Gasteiger partial charge in [-0.05, 0) is 6.42 Å². The van der Waals surface area contributed by atoms with Crippen molar-refractivity contribution >= 4 is 12.4 Å². The molecule has 0 heterocycles. The minimum absolute atomic E-state index is 0. The highest BCUT2D eigenvalue weighted by Gasteiger charge is 2.30. The molecule has 1 aliphatic rings. The molecule has 1 saturated carbocycles. The van der Waals surface area contributed by atoms with Crippen molar-refractivity contribution in [3.63, 3.8) is 0 Å². The molecule has 0 spiro atoms. The van der Waals surface area contributed by atoms with E-state index in [0.29, 0.717) is 12.0 Å². The second-order valence-electron chi connectivity index (χ2n) is 1.67. The molecule has 2 atom stereocenters. The van der Waals surface area contributed by atoms with E-state index in [-0.39, 0.29) is 12.4 Å². The van der Waals surface area contributed by atoms with E-state index < -0.39 is 0 Å². The molecule has 0 bridgehead atoms. The van der Waals surface area contributed by atoms with Crippen molar-refractivity contribution in [1.29, 1.82) is 0 Å². The van der Waals surface area contributed by atoms with E-state index in [9.17, 15) is 0 Å². The number of nitrogens with two attached hydrogens (primary N) is 1. The van der Waals surface area contributed by atoms with Crippen LogP contribution >= 0.6 is 12.4 Å². The van der Waals surface area contributed by atoms with Crippen LogP contribution < -0.4 is 5.73 Å². The highest BCUT2D eigenvalue weighted by Crippen LogP contribution is 2.25. The fourth-order valence-electron chi connectivity index (χ4n) is 0.406. The molecule has 0 saturated heterocycles. The lowest BCUT2D eigenvalue weighted by Crippen LogP contribution is -1.99. The summed E-state index contributed by atoms with van der Waals surface area (Å²) in [4.78, 5) is 0. The van der Waals surface area contributed by atoms with Crippen molar-refractivity contribution in [2.45, 2.75) is 12.5 Å². The van der Waals surface area contributed by atoms with Crippen molar-refractivity contribution in [3.05, 3.63) is 0 Å². The maximum Gasteiger partial charge on any atom is 0.0367 e. The molecular formula is C5H8ClN. The fourth-order valence-corrected chi connectivity index (χ4v) is 0.406. The van der Waals surface area contributed by atoms with Gasteiger partial charge in [-0.1, -0.05) is 0 Å². The highest BCUT2D eigenvalue weighted by molar-refractivity contribution is 5.85. The summed E-state index contributed by atoms with van der Waals surface area (Å²) in [6, 6.07) is 0.329. The summed E-state index contributed by atoms with van der Waals surface area (Å²) in [5.41, 5.74) is 5.33. The second-order valence-corrected chi connectivity index (χ2v) is 1.67. The molecule has 1 nitrogen and oxygen atoms in total. The lowest BCUT2D eigenvalue weighted by molar-refractivity contribution is 1.000. The maximum absolute atomic E-state index is 5.33. The Hall–Kier alpha value is -0.190. The quantitative estimate of drug-likeness (QED) is 0.457. The van der Waals surface area contributed by atoms with Gasteiger partial charge >= 0.3 is 0 Å². The van der Waals surface area contributed by atoms with E-state index >= 15 is 0 Å². The van der Waals surface area contributed by atoms with E-state index in [4.69, 9.17) is 12.2 Å². The molecule has 1 fully saturated rings. The van der Waals surface area contributed by atoms with Crippen LogP contribution in [0.25, 0.3) is 0 Å². The molecule has 0 aromatic carbocycles. The van der Waals surface area contributed by atoms with Gasteiger partial charge in [-0.15, -0.1) is 24.8 Å². The zero-order valence-electron chi connectivity index (χ0n) is 3.92. The van der Waals surface area contributed by atoms with E-state index in [0.717, 1.165) is 6.42 Å². The van der Waals surface area contributed by atoms with Gasteiger partial charge in [0.25, 0.3) is 0 Å². The van der Waals surface area contributed by atoms with Crippen LogP contribution in [0.5, 0.6) is 0 Å². The van der Waals surface area contributed by atoms with Crippen LogP contribution in [0.2, 0.25) is 0 Å². The molecule has 2 heteroatoms. The molecule has 0 amide bonds. The third-order valence-corrected chi connectivity index (χ3v) is 1.05. The number of terminal acetylenes is 1. The average Bonchev–Trinajstić information content (AvgIpc) is 2.19. The van der Waals surface area contributed by atoms with Gasteiger partial charge in [0.2, 0.25) is 0 Å². The van der Waals surface area contributed by atoms with Crippen molar-refractivity contribution < 1.29 is 0 Å². The summed E-state index contributed by atoms with van der Waals surface area (Å²) in [6.45, 7) is 0. The van der Waals surface area contributed by atoms with E-state index in [1.165, 1.54) is 0 Å². The Bertz CT molecular complexity index is 94.7. The van der Waals surface area contributed by atoms with Crippen LogP contribution in [-0.4, -0.2) is 6.04 Å². The molecule has 40 valence electrons. The van der Waals surface area contributed by atoms with Crippen LogP contribution in [-0.2, 0) is 0 Å². The summed E-state index contributed by atoms with van der Waals surface area (Å²) in [5, 5.41) is 0. The van der Waals surface area contributed by atoms with E-state index in [1.54, 1.807) is 0 Å². The molecule has 0 unspecified atom stereocenters. The van der Waals surface area contributed by atoms with Crippen molar-refractivity contribution in [2.24, 2.45) is 11.7 Å². The molecule has 0 aromatic rings. The molecule has 0 aliphatic heterocycles. The minimum Gasteiger partial charge on any atom is -0.327 e. The molecule has 1 aliphatic carbocycles. The largest absolute Gasteiger partial charge is 0.327 e. The Morgan fingerprint density at radius 3 is 2.14 bits per heavy atom. The zero-order chi connectivity index (χ0) is 4.57. The summed E-state index contributed by atoms with van der Waals surface area (Å²) in [7, 11) is 0. The van der Waals surface area contributed by atoms with Crippen LogP contribution in [0.4, 0.5) is 0 Å². The van der Waals surface area contributed by atoms with Gasteiger partial charge in [-0.25, -0.2) is 0 Å². The molecule has 7 heavy (non-hydrogen) atoms. The normalized spacial score (nSPS) is 35.4. The predicted molar refractivity (Wildman–Crippen MR) is 32.2 cm³/mol. The van der Waals surface area contributed by atoms with Crippen LogP contribution in [0, 0.1) is 18.3 Å². The Labute approximate surface area is 49.7 Å². The van der Waals surface area contributed by atoms with Crippen molar-refractivity contribution in [1.82, 2.24) is 0 Å². The fraction of sp³-hybridized carbons (Fsp3) is 0.600. The van der Waals surface area contributed by atoms with Crippen LogP contribution in [0.1, 0.15) is 6.42 Å². The van der Waals surface area contributed by atoms with Crippen molar-refractivity contribution in [3.8, 4) is 12.3 Å². The first-order valence-corrected chi connectivity index (χ1v) is 2.06. The molecule has 0 aromatic heterocycles. The first kappa shape index (κ1) is 6.81. The summed E-state index contributed by atoms with van der Waals surface area (Å²) in [6.07, 6.45) is 6.03. The molecule has 2 N–H and O–H groups in total. The lowest BCUT2D eigenvalue weighted by Gasteiger charge is -1.70. The standard InChI is InChI=1S/C5H7N.ClH/c1-2-4-3-5(4)6;/h1,4-5H,3,6H2;1H/t4-,5+;/m0./s1. The second kappa shape index (κ2) is 2.20. The van der Waals surface area contributed by atoms with E-state index in [2.05, 4.69) is 5.92 Å². The molecule has 1 rings (SSSR count). The summed E-state index contributed by atoms with van der Waals surface area (Å²) in [5.74, 6) is 2.97. The van der Waals surface area contributed by atoms with Crippen molar-refractivity contribution in [2.75, 3.05) is 0 Å². The smallest absolute Gasteiger partial charge is 0.0367 e. The van der Waals surface area contributed by atoms with Gasteiger partial charge in [0.05, 0.1) is 0 Å². The Morgan fingerprint density at radius 1 is 1.71 bits per heavy atom. The van der Waals surface area contributed by atoms with Gasteiger partial charge in [0.1, 0.15) is 0 Å². The number of hydrogen-bond donors (Lipinski definition) is 1. The summed E-state index contributed by atoms with van der Waals surface area (Å²) >= 11 is 0. The van der Waals surface area contributed by atoms with Crippen LogP contribution in [0.15, 0.2) is 0 Å². The van der Waals surface area contributed by atoms with Crippen LogP contribution in [0.3, 0.4) is 0 Å². The van der Waals surface area contributed by atoms with E-state index in [1.807, 2.05) is 0 Å². The SMILES string of the molecule is C#C[C@H]1C[C@H]1N.Cl. The van der Waals surface area contributed by atoms with Gasteiger partial charge < -0.3 is 5.73 Å². The minimum atomic E-state index is 0. The average molecular weight is 118 g/mol. The number of hydrogen-bond acceptors (Lipinski definition) is 1. The van der Waals surface area contributed by atoms with Gasteiger partial charge in [0.15, 0.2) is 0 Å². The van der Waals surface area contributed by atoms with Gasteiger partial charge in [0, 0.05) is 12.0 Å². The summed E-state index contributed by atoms with van der Waals surface area (Å²) < 4.78 is 0. The topological polar surface area (TPSA) is 26.0 Å². The van der Waals surface area contributed by atoms with Gasteiger partial charge in [-0.2, -0.15) is 0 Å². The Kier molecular flexibility index (Phi) is 2.14. The number of rotatable bonds is 0. The molecular weight excluding hydrogens is 110 g/mol. The van der Waals surface area contributed by atoms with Gasteiger partial charge in [-0.3, -0.25) is 0 Å². The predicted octanol–water partition coefficient (Wildman–Crippen LogP) is 0.389. The Balaban J connectivity index is 0.000000360. The number of halogens is 1.